The highest BCUT2D eigenvalue weighted by Gasteiger charge is 2.19. The molecule has 0 aliphatic rings. The summed E-state index contributed by atoms with van der Waals surface area (Å²) in [6.45, 7) is 0.515. The van der Waals surface area contributed by atoms with Crippen LogP contribution in [0.2, 0.25) is 0 Å². The second-order valence-electron chi connectivity index (χ2n) is 4.45. The summed E-state index contributed by atoms with van der Waals surface area (Å²) in [4.78, 5) is 0.799. The van der Waals surface area contributed by atoms with Crippen LogP contribution in [0.3, 0.4) is 0 Å². The van der Waals surface area contributed by atoms with Gasteiger partial charge in [-0.05, 0) is 42.8 Å². The summed E-state index contributed by atoms with van der Waals surface area (Å²) in [6.07, 6.45) is 0.697. The first kappa shape index (κ1) is 14.8. The molecule has 0 fully saturated rings. The molecule has 4 heteroatoms. The Kier molecular flexibility index (Phi) is 5.32. The molecule has 0 saturated carbocycles. The Labute approximate surface area is 122 Å². The van der Waals surface area contributed by atoms with E-state index >= 15 is 0 Å². The Morgan fingerprint density at radius 2 is 1.75 bits per heavy atom. The number of nitrogens with two attached hydrogens (primary N) is 1. The highest BCUT2D eigenvalue weighted by atomic mass is 32.2. The van der Waals surface area contributed by atoms with E-state index in [-0.39, 0.29) is 5.25 Å². The Morgan fingerprint density at radius 1 is 1.10 bits per heavy atom. The lowest BCUT2D eigenvalue weighted by atomic mass is 10.1. The van der Waals surface area contributed by atoms with E-state index in [9.17, 15) is 4.21 Å². The van der Waals surface area contributed by atoms with Crippen molar-refractivity contribution in [2.45, 2.75) is 16.6 Å². The van der Waals surface area contributed by atoms with Crippen LogP contribution >= 0.6 is 0 Å². The first-order valence-electron chi connectivity index (χ1n) is 6.56. The van der Waals surface area contributed by atoms with Gasteiger partial charge in [-0.25, -0.2) is 0 Å². The summed E-state index contributed by atoms with van der Waals surface area (Å²) in [6, 6.07) is 17.2. The molecule has 0 aliphatic carbocycles. The maximum absolute atomic E-state index is 12.7. The van der Waals surface area contributed by atoms with Crippen LogP contribution in [0.5, 0.6) is 5.75 Å². The zero-order valence-corrected chi connectivity index (χ0v) is 12.3. The van der Waals surface area contributed by atoms with Gasteiger partial charge in [-0.3, -0.25) is 4.21 Å². The molecule has 2 aromatic rings. The molecule has 0 aliphatic heterocycles. The highest BCUT2D eigenvalue weighted by molar-refractivity contribution is 7.85. The molecular weight excluding hydrogens is 270 g/mol. The molecule has 2 aromatic carbocycles. The number of ether oxygens (including phenoxy) is 1. The zero-order chi connectivity index (χ0) is 14.4. The molecule has 20 heavy (non-hydrogen) atoms. The summed E-state index contributed by atoms with van der Waals surface area (Å²) in [5, 5.41) is -0.0744. The van der Waals surface area contributed by atoms with Gasteiger partial charge in [-0.1, -0.05) is 30.3 Å². The monoisotopic (exact) mass is 289 g/mol. The molecule has 0 heterocycles. The fourth-order valence-corrected chi connectivity index (χ4v) is 3.58. The Bertz CT molecular complexity index is 554. The van der Waals surface area contributed by atoms with Crippen LogP contribution in [0.25, 0.3) is 0 Å². The predicted molar refractivity (Wildman–Crippen MR) is 82.3 cm³/mol. The van der Waals surface area contributed by atoms with Crippen LogP contribution in [-0.2, 0) is 10.8 Å². The second kappa shape index (κ2) is 7.22. The molecule has 0 radical (unpaired) electrons. The SMILES string of the molecule is COc1ccc(S(=O)C(CCN)c2ccccc2)cc1. The highest BCUT2D eigenvalue weighted by Crippen LogP contribution is 2.28. The number of methoxy groups -OCH3 is 1. The lowest BCUT2D eigenvalue weighted by Gasteiger charge is -2.16. The van der Waals surface area contributed by atoms with Gasteiger partial charge in [-0.2, -0.15) is 0 Å². The minimum atomic E-state index is -1.12. The summed E-state index contributed by atoms with van der Waals surface area (Å²) in [7, 11) is 0.500. The van der Waals surface area contributed by atoms with Gasteiger partial charge in [0.05, 0.1) is 23.2 Å². The van der Waals surface area contributed by atoms with Gasteiger partial charge in [-0.15, -0.1) is 0 Å². The van der Waals surface area contributed by atoms with Gasteiger partial charge in [0.1, 0.15) is 5.75 Å². The molecule has 0 saturated heterocycles. The van der Waals surface area contributed by atoms with Crippen LogP contribution in [-0.4, -0.2) is 17.9 Å². The fraction of sp³-hybridized carbons (Fsp3) is 0.250. The minimum Gasteiger partial charge on any atom is -0.497 e. The molecule has 2 atom stereocenters. The van der Waals surface area contributed by atoms with Gasteiger partial charge in [0.25, 0.3) is 0 Å². The van der Waals surface area contributed by atoms with Crippen molar-refractivity contribution in [2.75, 3.05) is 13.7 Å². The van der Waals surface area contributed by atoms with Crippen LogP contribution in [0.15, 0.2) is 59.5 Å². The van der Waals surface area contributed by atoms with Crippen molar-refractivity contribution in [1.82, 2.24) is 0 Å². The third kappa shape index (κ3) is 3.46. The van der Waals surface area contributed by atoms with Crippen LogP contribution in [0.1, 0.15) is 17.2 Å². The number of benzene rings is 2. The van der Waals surface area contributed by atoms with E-state index in [1.54, 1.807) is 7.11 Å². The van der Waals surface area contributed by atoms with Crippen molar-refractivity contribution >= 4 is 10.8 Å². The molecule has 2 unspecified atom stereocenters. The predicted octanol–water partition coefficient (Wildman–Crippen LogP) is 2.89. The number of rotatable bonds is 6. The third-order valence-corrected chi connectivity index (χ3v) is 4.91. The summed E-state index contributed by atoms with van der Waals surface area (Å²) in [5.74, 6) is 0.765. The maximum Gasteiger partial charge on any atom is 0.118 e. The minimum absolute atomic E-state index is 0.0744. The van der Waals surface area contributed by atoms with Gasteiger partial charge in [0.15, 0.2) is 0 Å². The molecule has 0 amide bonds. The second-order valence-corrected chi connectivity index (χ2v) is 6.08. The van der Waals surface area contributed by atoms with E-state index in [0.717, 1.165) is 16.2 Å². The Balaban J connectivity index is 2.26. The molecule has 0 aromatic heterocycles. The molecular formula is C16H19NO2S. The lowest BCUT2D eigenvalue weighted by Crippen LogP contribution is -2.12. The van der Waals surface area contributed by atoms with E-state index < -0.39 is 10.8 Å². The van der Waals surface area contributed by atoms with Crippen molar-refractivity contribution < 1.29 is 8.95 Å². The zero-order valence-electron chi connectivity index (χ0n) is 11.5. The average molecular weight is 289 g/mol. The quantitative estimate of drug-likeness (QED) is 0.889. The fourth-order valence-electron chi connectivity index (χ4n) is 2.09. The van der Waals surface area contributed by atoms with Crippen molar-refractivity contribution in [3.8, 4) is 5.75 Å². The van der Waals surface area contributed by atoms with E-state index in [0.29, 0.717) is 13.0 Å². The van der Waals surface area contributed by atoms with Crippen LogP contribution in [0, 0.1) is 0 Å². The first-order chi connectivity index (χ1) is 9.76. The van der Waals surface area contributed by atoms with E-state index in [1.165, 1.54) is 0 Å². The van der Waals surface area contributed by atoms with Crippen LogP contribution < -0.4 is 10.5 Å². The smallest absolute Gasteiger partial charge is 0.118 e. The summed E-state index contributed by atoms with van der Waals surface area (Å²) in [5.41, 5.74) is 6.74. The van der Waals surface area contributed by atoms with E-state index in [1.807, 2.05) is 54.6 Å². The number of hydrogen-bond donors (Lipinski definition) is 1. The average Bonchev–Trinajstić information content (AvgIpc) is 2.53. The molecule has 106 valence electrons. The largest absolute Gasteiger partial charge is 0.497 e. The topological polar surface area (TPSA) is 52.3 Å². The maximum atomic E-state index is 12.7. The van der Waals surface area contributed by atoms with Crippen molar-refractivity contribution in [2.24, 2.45) is 5.73 Å². The van der Waals surface area contributed by atoms with Gasteiger partial charge < -0.3 is 10.5 Å². The summed E-state index contributed by atoms with van der Waals surface area (Å²) >= 11 is 0. The first-order valence-corrected chi connectivity index (χ1v) is 7.77. The van der Waals surface area contributed by atoms with E-state index in [4.69, 9.17) is 10.5 Å². The molecule has 3 nitrogen and oxygen atoms in total. The van der Waals surface area contributed by atoms with E-state index in [2.05, 4.69) is 0 Å². The third-order valence-electron chi connectivity index (χ3n) is 3.15. The Morgan fingerprint density at radius 3 is 2.30 bits per heavy atom. The molecule has 2 N–H and O–H groups in total. The van der Waals surface area contributed by atoms with Gasteiger partial charge >= 0.3 is 0 Å². The molecule has 2 rings (SSSR count). The van der Waals surface area contributed by atoms with Gasteiger partial charge in [0.2, 0.25) is 0 Å². The van der Waals surface area contributed by atoms with Crippen molar-refractivity contribution in [3.05, 3.63) is 60.2 Å². The van der Waals surface area contributed by atoms with Gasteiger partial charge in [0, 0.05) is 4.90 Å². The standard InChI is InChI=1S/C16H19NO2S/c1-19-14-7-9-15(10-8-14)20(18)16(11-12-17)13-5-3-2-4-6-13/h2-10,16H,11-12,17H2,1H3. The lowest BCUT2D eigenvalue weighted by molar-refractivity contribution is 0.414. The normalized spacial score (nSPS) is 13.7. The molecule has 0 spiro atoms. The van der Waals surface area contributed by atoms with Crippen LogP contribution in [0.4, 0.5) is 0 Å². The number of hydrogen-bond acceptors (Lipinski definition) is 3. The Hall–Kier alpha value is -1.65. The summed E-state index contributed by atoms with van der Waals surface area (Å²) < 4.78 is 17.9. The molecule has 0 bridgehead atoms. The van der Waals surface area contributed by atoms with Crippen molar-refractivity contribution in [1.29, 1.82) is 0 Å². The van der Waals surface area contributed by atoms with Crippen molar-refractivity contribution in [3.63, 3.8) is 0 Å².